The van der Waals surface area contributed by atoms with E-state index in [0.717, 1.165) is 17.8 Å². The lowest BCUT2D eigenvalue weighted by molar-refractivity contribution is -0.143. The van der Waals surface area contributed by atoms with Crippen LogP contribution in [0.1, 0.15) is 55.0 Å². The highest BCUT2D eigenvalue weighted by Gasteiger charge is 2.29. The average molecular weight is 413 g/mol. The maximum Gasteiger partial charge on any atom is 0.410 e. The molecule has 0 saturated carbocycles. The number of carbonyl (C=O) groups is 3. The van der Waals surface area contributed by atoms with Gasteiger partial charge < -0.3 is 24.8 Å². The molecule has 1 aliphatic rings. The molecular weight excluding hydrogens is 386 g/mol. The van der Waals surface area contributed by atoms with E-state index < -0.39 is 30.1 Å². The first kappa shape index (κ1) is 22.1. The molecule has 1 aromatic rings. The van der Waals surface area contributed by atoms with Gasteiger partial charge in [-0.2, -0.15) is 0 Å². The number of nitrogens with one attached hydrogen (secondary N) is 1. The SMILES string of the molecule is COC(=O)[C@H](CO)NC(=O)c1csc(C2CCN(C(=O)OC(C)(C)C)CC2)n1. The Balaban J connectivity index is 1.92. The van der Waals surface area contributed by atoms with Crippen molar-refractivity contribution < 1.29 is 29.0 Å². The van der Waals surface area contributed by atoms with E-state index in [4.69, 9.17) is 4.74 Å². The van der Waals surface area contributed by atoms with Crippen LogP contribution in [-0.2, 0) is 14.3 Å². The fourth-order valence-corrected chi connectivity index (χ4v) is 3.74. The summed E-state index contributed by atoms with van der Waals surface area (Å²) in [5.41, 5.74) is -0.334. The number of ether oxygens (including phenoxy) is 2. The van der Waals surface area contributed by atoms with Gasteiger partial charge in [-0.25, -0.2) is 14.6 Å². The topological polar surface area (TPSA) is 118 Å². The summed E-state index contributed by atoms with van der Waals surface area (Å²) in [6.07, 6.45) is 1.15. The third-order valence-electron chi connectivity index (χ3n) is 4.22. The number of hydrogen-bond acceptors (Lipinski definition) is 8. The van der Waals surface area contributed by atoms with Crippen LogP contribution in [0.3, 0.4) is 0 Å². The number of nitrogens with zero attached hydrogens (tertiary/aromatic N) is 2. The zero-order chi connectivity index (χ0) is 20.9. The number of hydrogen-bond donors (Lipinski definition) is 2. The predicted octanol–water partition coefficient (Wildman–Crippen LogP) is 1.52. The number of esters is 1. The molecule has 2 rings (SSSR count). The molecule has 1 aliphatic heterocycles. The van der Waals surface area contributed by atoms with Crippen LogP contribution in [0.25, 0.3) is 0 Å². The quantitative estimate of drug-likeness (QED) is 0.703. The van der Waals surface area contributed by atoms with Crippen LogP contribution in [-0.4, -0.2) is 71.4 Å². The molecule has 0 aromatic carbocycles. The number of amides is 2. The summed E-state index contributed by atoms with van der Waals surface area (Å²) in [6.45, 7) is 6.08. The molecule has 0 bridgehead atoms. The molecule has 0 radical (unpaired) electrons. The summed E-state index contributed by atoms with van der Waals surface area (Å²) in [5, 5.41) is 14.0. The van der Waals surface area contributed by atoms with Gasteiger partial charge in [-0.1, -0.05) is 0 Å². The Morgan fingerprint density at radius 3 is 2.54 bits per heavy atom. The predicted molar refractivity (Wildman–Crippen MR) is 102 cm³/mol. The third kappa shape index (κ3) is 5.90. The van der Waals surface area contributed by atoms with E-state index in [1.807, 2.05) is 20.8 Å². The van der Waals surface area contributed by atoms with Crippen molar-refractivity contribution >= 4 is 29.3 Å². The van der Waals surface area contributed by atoms with Gasteiger partial charge >= 0.3 is 12.1 Å². The summed E-state index contributed by atoms with van der Waals surface area (Å²) in [7, 11) is 1.18. The van der Waals surface area contributed by atoms with Crippen molar-refractivity contribution in [1.82, 2.24) is 15.2 Å². The van der Waals surface area contributed by atoms with E-state index in [1.54, 1.807) is 10.3 Å². The fourth-order valence-electron chi connectivity index (χ4n) is 2.77. The molecule has 2 heterocycles. The van der Waals surface area contributed by atoms with Crippen LogP contribution in [0, 0.1) is 0 Å². The molecule has 2 N–H and O–H groups in total. The Morgan fingerprint density at radius 2 is 2.00 bits per heavy atom. The molecule has 0 unspecified atom stereocenters. The maximum absolute atomic E-state index is 12.2. The zero-order valence-electron chi connectivity index (χ0n) is 16.6. The first-order valence-electron chi connectivity index (χ1n) is 9.07. The second kappa shape index (κ2) is 9.33. The Kier molecular flexibility index (Phi) is 7.36. The van der Waals surface area contributed by atoms with Gasteiger partial charge in [0.25, 0.3) is 5.91 Å². The minimum atomic E-state index is -1.13. The molecule has 0 spiro atoms. The molecule has 2 amide bonds. The van der Waals surface area contributed by atoms with Crippen molar-refractivity contribution in [1.29, 1.82) is 0 Å². The Labute approximate surface area is 168 Å². The lowest BCUT2D eigenvalue weighted by atomic mass is 9.98. The molecule has 28 heavy (non-hydrogen) atoms. The minimum absolute atomic E-state index is 0.152. The van der Waals surface area contributed by atoms with Gasteiger partial charge in [0.2, 0.25) is 0 Å². The van der Waals surface area contributed by atoms with Crippen LogP contribution in [0.15, 0.2) is 5.38 Å². The number of likely N-dealkylation sites (tertiary alicyclic amines) is 1. The highest BCUT2D eigenvalue weighted by molar-refractivity contribution is 7.09. The molecule has 156 valence electrons. The van der Waals surface area contributed by atoms with E-state index in [-0.39, 0.29) is 17.7 Å². The number of aliphatic hydroxyl groups excluding tert-OH is 1. The monoisotopic (exact) mass is 413 g/mol. The number of aromatic nitrogens is 1. The molecule has 10 heteroatoms. The number of thiazole rings is 1. The lowest BCUT2D eigenvalue weighted by Crippen LogP contribution is -2.44. The van der Waals surface area contributed by atoms with Gasteiger partial charge in [0.05, 0.1) is 18.7 Å². The summed E-state index contributed by atoms with van der Waals surface area (Å²) in [4.78, 5) is 41.9. The van der Waals surface area contributed by atoms with Crippen molar-refractivity contribution in [3.63, 3.8) is 0 Å². The summed E-state index contributed by atoms with van der Waals surface area (Å²) in [5.74, 6) is -1.11. The first-order chi connectivity index (χ1) is 13.1. The highest BCUT2D eigenvalue weighted by Crippen LogP contribution is 2.31. The van der Waals surface area contributed by atoms with Crippen LogP contribution in [0.5, 0.6) is 0 Å². The second-order valence-electron chi connectivity index (χ2n) is 7.54. The Hall–Kier alpha value is -2.20. The number of carbonyl (C=O) groups excluding carboxylic acids is 3. The van der Waals surface area contributed by atoms with Crippen LogP contribution in [0.4, 0.5) is 4.79 Å². The smallest absolute Gasteiger partial charge is 0.410 e. The van der Waals surface area contributed by atoms with Crippen molar-refractivity contribution in [2.45, 2.75) is 51.2 Å². The van der Waals surface area contributed by atoms with E-state index in [1.165, 1.54) is 18.4 Å². The molecule has 0 aliphatic carbocycles. The number of rotatable bonds is 5. The number of methoxy groups -OCH3 is 1. The minimum Gasteiger partial charge on any atom is -0.467 e. The van der Waals surface area contributed by atoms with Crippen molar-refractivity contribution in [2.75, 3.05) is 26.8 Å². The van der Waals surface area contributed by atoms with Crippen molar-refractivity contribution in [3.05, 3.63) is 16.1 Å². The van der Waals surface area contributed by atoms with Crippen LogP contribution in [0.2, 0.25) is 0 Å². The molecule has 9 nitrogen and oxygen atoms in total. The molecular formula is C18H27N3O6S. The largest absolute Gasteiger partial charge is 0.467 e. The third-order valence-corrected chi connectivity index (χ3v) is 5.23. The van der Waals surface area contributed by atoms with Crippen LogP contribution >= 0.6 is 11.3 Å². The number of aliphatic hydroxyl groups is 1. The van der Waals surface area contributed by atoms with E-state index >= 15 is 0 Å². The average Bonchev–Trinajstić information content (AvgIpc) is 3.14. The van der Waals surface area contributed by atoms with Crippen molar-refractivity contribution in [3.8, 4) is 0 Å². The molecule has 1 saturated heterocycles. The van der Waals surface area contributed by atoms with E-state index in [9.17, 15) is 19.5 Å². The number of piperidine rings is 1. The summed E-state index contributed by atoms with van der Waals surface area (Å²) in [6, 6.07) is -1.13. The fraction of sp³-hybridized carbons (Fsp3) is 0.667. The van der Waals surface area contributed by atoms with Crippen LogP contribution < -0.4 is 5.32 Å². The van der Waals surface area contributed by atoms with Gasteiger partial charge in [0.1, 0.15) is 11.3 Å². The standard InChI is InChI=1S/C18H27N3O6S/c1-18(2,3)27-17(25)21-7-5-11(6-8-21)15-20-13(10-28-15)14(23)19-12(9-22)16(24)26-4/h10-12,22H,5-9H2,1-4H3,(H,19,23)/t12-/m0/s1. The zero-order valence-corrected chi connectivity index (χ0v) is 17.4. The van der Waals surface area contributed by atoms with Crippen molar-refractivity contribution in [2.24, 2.45) is 0 Å². The maximum atomic E-state index is 12.2. The van der Waals surface area contributed by atoms with Gasteiger partial charge in [-0.15, -0.1) is 11.3 Å². The molecule has 1 fully saturated rings. The van der Waals surface area contributed by atoms with Gasteiger partial charge in [-0.05, 0) is 33.6 Å². The summed E-state index contributed by atoms with van der Waals surface area (Å²) >= 11 is 1.37. The van der Waals surface area contributed by atoms with Gasteiger partial charge in [-0.3, -0.25) is 4.79 Å². The van der Waals surface area contributed by atoms with E-state index in [0.29, 0.717) is 13.1 Å². The first-order valence-corrected chi connectivity index (χ1v) is 9.95. The second-order valence-corrected chi connectivity index (χ2v) is 8.43. The lowest BCUT2D eigenvalue weighted by Gasteiger charge is -2.32. The highest BCUT2D eigenvalue weighted by atomic mass is 32.1. The molecule has 1 aromatic heterocycles. The Bertz CT molecular complexity index is 706. The van der Waals surface area contributed by atoms with Gasteiger partial charge in [0.15, 0.2) is 6.04 Å². The summed E-state index contributed by atoms with van der Waals surface area (Å²) < 4.78 is 9.92. The van der Waals surface area contributed by atoms with E-state index in [2.05, 4.69) is 15.0 Å². The van der Waals surface area contributed by atoms with Gasteiger partial charge in [0, 0.05) is 24.4 Å². The Morgan fingerprint density at radius 1 is 1.36 bits per heavy atom. The normalized spacial score (nSPS) is 16.4. The molecule has 1 atom stereocenters.